The number of Topliss-reactive ketones (excluding diaryl/α,β-unsaturated/α-hetero) is 1. The largest absolute Gasteiger partial charge is 0.493 e. The highest BCUT2D eigenvalue weighted by molar-refractivity contribution is 6.17. The van der Waals surface area contributed by atoms with Gasteiger partial charge in [0, 0.05) is 5.69 Å². The van der Waals surface area contributed by atoms with Crippen molar-refractivity contribution in [2.45, 2.75) is 45.8 Å². The standard InChI is InChI=1S/C27H30N2O5/c1-14-11-18-20(12-15(14)2)34-26-23(25(18)30)24(17-9-10-19(32-4)21(13-17)33-5)29(27(26)31)22-8-6-7-16(3)28-22/h6-10,13-15,18,20,24H,11-12H2,1-5H3. The minimum atomic E-state index is -0.653. The maximum absolute atomic E-state index is 14.0. The van der Waals surface area contributed by atoms with Crippen molar-refractivity contribution in [1.82, 2.24) is 4.98 Å². The van der Waals surface area contributed by atoms with Crippen molar-refractivity contribution in [3.8, 4) is 11.5 Å². The summed E-state index contributed by atoms with van der Waals surface area (Å²) in [5.41, 5.74) is 1.94. The Balaban J connectivity index is 1.66. The zero-order valence-electron chi connectivity index (χ0n) is 20.2. The second-order valence-electron chi connectivity index (χ2n) is 9.63. The van der Waals surface area contributed by atoms with E-state index >= 15 is 0 Å². The molecule has 0 N–H and O–H groups in total. The number of hydrogen-bond acceptors (Lipinski definition) is 6. The van der Waals surface area contributed by atoms with E-state index in [2.05, 4.69) is 18.8 Å². The summed E-state index contributed by atoms with van der Waals surface area (Å²) in [7, 11) is 3.14. The number of amides is 1. The molecule has 1 amide bonds. The van der Waals surface area contributed by atoms with E-state index < -0.39 is 6.04 Å². The molecule has 1 fully saturated rings. The van der Waals surface area contributed by atoms with Gasteiger partial charge in [-0.3, -0.25) is 14.5 Å². The number of carbonyl (C=O) groups is 2. The fraction of sp³-hybridized carbons (Fsp3) is 0.444. The average Bonchev–Trinajstić information content (AvgIpc) is 3.12. The summed E-state index contributed by atoms with van der Waals surface area (Å²) >= 11 is 0. The van der Waals surface area contributed by atoms with Gasteiger partial charge < -0.3 is 14.2 Å². The van der Waals surface area contributed by atoms with Gasteiger partial charge in [-0.1, -0.05) is 26.0 Å². The van der Waals surface area contributed by atoms with Crippen LogP contribution in [0.15, 0.2) is 47.7 Å². The lowest BCUT2D eigenvalue weighted by Crippen LogP contribution is -2.43. The molecule has 5 unspecified atom stereocenters. The molecule has 1 aromatic carbocycles. The normalized spacial score (nSPS) is 28.4. The summed E-state index contributed by atoms with van der Waals surface area (Å²) in [6.07, 6.45) is 1.26. The first kappa shape index (κ1) is 22.4. The van der Waals surface area contributed by atoms with E-state index in [4.69, 9.17) is 14.2 Å². The number of ether oxygens (including phenoxy) is 3. The van der Waals surface area contributed by atoms with Gasteiger partial charge in [0.25, 0.3) is 5.91 Å². The Labute approximate surface area is 199 Å². The number of aryl methyl sites for hydroxylation is 1. The highest BCUT2D eigenvalue weighted by atomic mass is 16.5. The number of aromatic nitrogens is 1. The zero-order valence-corrected chi connectivity index (χ0v) is 20.2. The minimum absolute atomic E-state index is 0.00767. The zero-order chi connectivity index (χ0) is 24.1. The molecule has 1 aromatic heterocycles. The Hall–Kier alpha value is -3.35. The lowest BCUT2D eigenvalue weighted by molar-refractivity contribution is -0.134. The third-order valence-electron chi connectivity index (χ3n) is 7.55. The number of ketones is 1. The number of methoxy groups -OCH3 is 2. The number of fused-ring (bicyclic) bond motifs is 1. The molecule has 7 nitrogen and oxygen atoms in total. The summed E-state index contributed by atoms with van der Waals surface area (Å²) in [5.74, 6) is 2.04. The molecule has 1 saturated carbocycles. The van der Waals surface area contributed by atoms with Crippen LogP contribution < -0.4 is 14.4 Å². The van der Waals surface area contributed by atoms with Crippen molar-refractivity contribution in [2.24, 2.45) is 17.8 Å². The van der Waals surface area contributed by atoms with Crippen molar-refractivity contribution in [3.63, 3.8) is 0 Å². The van der Waals surface area contributed by atoms with Crippen molar-refractivity contribution >= 4 is 17.5 Å². The molecule has 0 saturated heterocycles. The third kappa shape index (κ3) is 3.45. The summed E-state index contributed by atoms with van der Waals surface area (Å²) in [4.78, 5) is 33.9. The van der Waals surface area contributed by atoms with Crippen LogP contribution in [-0.2, 0) is 14.3 Å². The quantitative estimate of drug-likeness (QED) is 0.670. The van der Waals surface area contributed by atoms with Crippen LogP contribution in [0.5, 0.6) is 11.5 Å². The molecule has 2 aromatic rings. The first-order valence-electron chi connectivity index (χ1n) is 11.8. The fourth-order valence-electron chi connectivity index (χ4n) is 5.50. The predicted molar refractivity (Wildman–Crippen MR) is 127 cm³/mol. The van der Waals surface area contributed by atoms with Gasteiger partial charge in [0.15, 0.2) is 23.0 Å². The molecule has 178 valence electrons. The summed E-state index contributed by atoms with van der Waals surface area (Å²) in [5, 5.41) is 0. The number of nitrogens with zero attached hydrogens (tertiary/aromatic N) is 2. The minimum Gasteiger partial charge on any atom is -0.493 e. The van der Waals surface area contributed by atoms with Crippen molar-refractivity contribution in [2.75, 3.05) is 19.1 Å². The van der Waals surface area contributed by atoms with Crippen LogP contribution >= 0.6 is 0 Å². The van der Waals surface area contributed by atoms with Crippen LogP contribution in [0.25, 0.3) is 0 Å². The van der Waals surface area contributed by atoms with E-state index in [1.54, 1.807) is 31.3 Å². The molecule has 7 heteroatoms. The van der Waals surface area contributed by atoms with Gasteiger partial charge >= 0.3 is 0 Å². The molecule has 1 aliphatic carbocycles. The number of pyridine rings is 1. The van der Waals surface area contributed by atoms with E-state index in [1.165, 1.54) is 0 Å². The van der Waals surface area contributed by atoms with Crippen molar-refractivity contribution < 1.29 is 23.8 Å². The van der Waals surface area contributed by atoms with Gasteiger partial charge in [-0.05, 0) is 61.4 Å². The van der Waals surface area contributed by atoms with E-state index in [1.807, 2.05) is 31.2 Å². The maximum atomic E-state index is 14.0. The van der Waals surface area contributed by atoms with Gasteiger partial charge in [0.05, 0.1) is 31.8 Å². The molecule has 0 spiro atoms. The summed E-state index contributed by atoms with van der Waals surface area (Å²) in [6.45, 7) is 6.25. The van der Waals surface area contributed by atoms with Gasteiger partial charge in [0.2, 0.25) is 0 Å². The highest BCUT2D eigenvalue weighted by Gasteiger charge is 2.54. The molecule has 0 bridgehead atoms. The molecule has 5 rings (SSSR count). The molecule has 3 heterocycles. The van der Waals surface area contributed by atoms with Gasteiger partial charge in [-0.25, -0.2) is 4.98 Å². The van der Waals surface area contributed by atoms with Crippen molar-refractivity contribution in [1.29, 1.82) is 0 Å². The molecule has 3 aliphatic rings. The first-order valence-corrected chi connectivity index (χ1v) is 11.8. The monoisotopic (exact) mass is 462 g/mol. The van der Waals surface area contributed by atoms with E-state index in [0.29, 0.717) is 34.7 Å². The van der Waals surface area contributed by atoms with E-state index in [9.17, 15) is 9.59 Å². The Morgan fingerprint density at radius 3 is 2.44 bits per heavy atom. The lowest BCUT2D eigenvalue weighted by Gasteiger charge is -2.40. The molecule has 2 aliphatic heterocycles. The smallest absolute Gasteiger partial charge is 0.295 e. The molecular formula is C27H30N2O5. The van der Waals surface area contributed by atoms with Gasteiger partial charge in [-0.15, -0.1) is 0 Å². The first-order chi connectivity index (χ1) is 16.3. The Morgan fingerprint density at radius 1 is 1.00 bits per heavy atom. The number of carbonyl (C=O) groups excluding carboxylic acids is 2. The van der Waals surface area contributed by atoms with Gasteiger partial charge in [0.1, 0.15) is 11.9 Å². The van der Waals surface area contributed by atoms with E-state index in [0.717, 1.165) is 24.1 Å². The number of benzene rings is 1. The van der Waals surface area contributed by atoms with Crippen LogP contribution in [-0.4, -0.2) is 37.0 Å². The molecule has 0 radical (unpaired) electrons. The maximum Gasteiger partial charge on any atom is 0.295 e. The second kappa shape index (κ2) is 8.46. The third-order valence-corrected chi connectivity index (χ3v) is 7.55. The predicted octanol–water partition coefficient (Wildman–Crippen LogP) is 4.40. The fourth-order valence-corrected chi connectivity index (χ4v) is 5.50. The number of hydrogen-bond donors (Lipinski definition) is 0. The SMILES string of the molecule is COc1ccc(C2C3=C(OC4CC(C)C(C)CC4C3=O)C(=O)N2c2cccc(C)n2)cc1OC. The van der Waals surface area contributed by atoms with Crippen LogP contribution in [0.4, 0.5) is 5.82 Å². The Kier molecular flexibility index (Phi) is 5.58. The lowest BCUT2D eigenvalue weighted by atomic mass is 9.70. The van der Waals surface area contributed by atoms with Crippen molar-refractivity contribution in [3.05, 3.63) is 59.0 Å². The summed E-state index contributed by atoms with van der Waals surface area (Å²) < 4.78 is 17.3. The number of rotatable bonds is 4. The average molecular weight is 463 g/mol. The molecule has 34 heavy (non-hydrogen) atoms. The Bertz CT molecular complexity index is 1190. The van der Waals surface area contributed by atoms with Crippen LogP contribution in [0.3, 0.4) is 0 Å². The van der Waals surface area contributed by atoms with E-state index in [-0.39, 0.29) is 29.5 Å². The highest BCUT2D eigenvalue weighted by Crippen LogP contribution is 2.50. The van der Waals surface area contributed by atoms with Crippen LogP contribution in [0, 0.1) is 24.7 Å². The molecular weight excluding hydrogens is 432 g/mol. The van der Waals surface area contributed by atoms with Crippen LogP contribution in [0.2, 0.25) is 0 Å². The van der Waals surface area contributed by atoms with Gasteiger partial charge in [-0.2, -0.15) is 0 Å². The summed E-state index contributed by atoms with van der Waals surface area (Å²) in [6, 6.07) is 10.4. The van der Waals surface area contributed by atoms with Crippen LogP contribution in [0.1, 0.15) is 44.0 Å². The molecule has 5 atom stereocenters. The Morgan fingerprint density at radius 2 is 1.74 bits per heavy atom. The topological polar surface area (TPSA) is 78.0 Å². The second-order valence-corrected chi connectivity index (χ2v) is 9.63. The number of anilines is 1.